The molecule has 2 aromatic rings. The maximum absolute atomic E-state index is 12.6. The molecule has 1 N–H and O–H groups in total. The molecule has 0 radical (unpaired) electrons. The van der Waals surface area contributed by atoms with Crippen LogP contribution < -0.4 is 10.2 Å². The number of carbonyl (C=O) groups is 3. The lowest BCUT2D eigenvalue weighted by Gasteiger charge is -2.26. The summed E-state index contributed by atoms with van der Waals surface area (Å²) in [5.41, 5.74) is 0.780. The first-order valence-electron chi connectivity index (χ1n) is 7.93. The number of thiophene rings is 1. The second-order valence-electron chi connectivity index (χ2n) is 5.84. The van der Waals surface area contributed by atoms with Crippen molar-refractivity contribution >= 4 is 52.2 Å². The third kappa shape index (κ3) is 2.86. The second-order valence-corrected chi connectivity index (χ2v) is 7.19. The number of halogens is 1. The summed E-state index contributed by atoms with van der Waals surface area (Å²) in [5, 5.41) is 4.76. The van der Waals surface area contributed by atoms with Crippen LogP contribution in [-0.4, -0.2) is 48.5 Å². The van der Waals surface area contributed by atoms with Crippen LogP contribution in [0.2, 0.25) is 5.02 Å². The molecule has 1 aromatic carbocycles. The fraction of sp³-hybridized carbons (Fsp3) is 0.235. The van der Waals surface area contributed by atoms with Gasteiger partial charge in [0.25, 0.3) is 11.8 Å². The Hall–Kier alpha value is -2.42. The highest BCUT2D eigenvalue weighted by Crippen LogP contribution is 2.34. The molecule has 1 atom stereocenters. The van der Waals surface area contributed by atoms with Gasteiger partial charge in [0, 0.05) is 12.2 Å². The lowest BCUT2D eigenvalue weighted by molar-refractivity contribution is -0.123. The molecule has 9 heteroatoms. The van der Waals surface area contributed by atoms with E-state index in [4.69, 9.17) is 16.3 Å². The Morgan fingerprint density at radius 3 is 2.85 bits per heavy atom. The molecule has 2 saturated heterocycles. The van der Waals surface area contributed by atoms with Crippen LogP contribution in [0.4, 0.5) is 16.2 Å². The number of rotatable bonds is 3. The molecule has 0 bridgehead atoms. The first-order valence-corrected chi connectivity index (χ1v) is 9.19. The van der Waals surface area contributed by atoms with E-state index >= 15 is 0 Å². The number of amides is 4. The number of imide groups is 1. The van der Waals surface area contributed by atoms with E-state index in [0.29, 0.717) is 29.4 Å². The maximum atomic E-state index is 12.6. The van der Waals surface area contributed by atoms with Gasteiger partial charge in [-0.05, 0) is 29.6 Å². The summed E-state index contributed by atoms with van der Waals surface area (Å²) in [6, 6.07) is 7.19. The Labute approximate surface area is 158 Å². The number of fused-ring (bicyclic) bond motifs is 1. The average Bonchev–Trinajstić information content (AvgIpc) is 3.25. The Morgan fingerprint density at radius 2 is 2.15 bits per heavy atom. The van der Waals surface area contributed by atoms with Crippen molar-refractivity contribution < 1.29 is 19.1 Å². The van der Waals surface area contributed by atoms with Crippen molar-refractivity contribution in [3.05, 3.63) is 45.6 Å². The normalized spacial score (nSPS) is 19.7. The monoisotopic (exact) mass is 391 g/mol. The van der Waals surface area contributed by atoms with Gasteiger partial charge in [0.05, 0.1) is 28.8 Å². The van der Waals surface area contributed by atoms with E-state index in [9.17, 15) is 14.4 Å². The van der Waals surface area contributed by atoms with Crippen molar-refractivity contribution in [2.75, 3.05) is 30.0 Å². The van der Waals surface area contributed by atoms with Crippen LogP contribution in [0.15, 0.2) is 35.7 Å². The van der Waals surface area contributed by atoms with Gasteiger partial charge in [0.1, 0.15) is 6.04 Å². The molecule has 0 aliphatic carbocycles. The number of hydrogen-bond acceptors (Lipinski definition) is 5. The SMILES string of the molecule is O=C(Nc1ccc(N2C(=O)C3COCCN3C2=O)c(Cl)c1)c1cccs1. The zero-order valence-electron chi connectivity index (χ0n) is 13.5. The van der Waals surface area contributed by atoms with E-state index in [1.165, 1.54) is 22.3 Å². The van der Waals surface area contributed by atoms with Crippen molar-refractivity contribution in [2.45, 2.75) is 6.04 Å². The number of hydrogen-bond donors (Lipinski definition) is 1. The van der Waals surface area contributed by atoms with E-state index in [0.717, 1.165) is 4.90 Å². The first-order chi connectivity index (χ1) is 12.6. The van der Waals surface area contributed by atoms with Crippen molar-refractivity contribution in [3.8, 4) is 0 Å². The van der Waals surface area contributed by atoms with Crippen LogP contribution in [0.1, 0.15) is 9.67 Å². The molecule has 7 nitrogen and oxygen atoms in total. The van der Waals surface area contributed by atoms with Gasteiger partial charge in [-0.15, -0.1) is 11.3 Å². The topological polar surface area (TPSA) is 79.0 Å². The molecular formula is C17H14ClN3O4S. The predicted octanol–water partition coefficient (Wildman–Crippen LogP) is 2.82. The number of ether oxygens (including phenoxy) is 1. The zero-order chi connectivity index (χ0) is 18.3. The van der Waals surface area contributed by atoms with E-state index in [1.807, 2.05) is 5.38 Å². The lowest BCUT2D eigenvalue weighted by atomic mass is 10.2. The second kappa shape index (κ2) is 6.71. The van der Waals surface area contributed by atoms with Crippen LogP contribution in [0.5, 0.6) is 0 Å². The number of anilines is 2. The van der Waals surface area contributed by atoms with E-state index in [-0.39, 0.29) is 23.4 Å². The van der Waals surface area contributed by atoms with Gasteiger partial charge in [0.2, 0.25) is 0 Å². The van der Waals surface area contributed by atoms with Crippen LogP contribution in [0.25, 0.3) is 0 Å². The van der Waals surface area contributed by atoms with E-state index < -0.39 is 12.1 Å². The highest BCUT2D eigenvalue weighted by Gasteiger charge is 2.47. The van der Waals surface area contributed by atoms with Crippen molar-refractivity contribution in [1.29, 1.82) is 0 Å². The standard InChI is InChI=1S/C17H14ClN3O4S/c18-11-8-10(19-15(22)14-2-1-7-26-14)3-4-12(11)21-16(23)13-9-25-6-5-20(13)17(21)24/h1-4,7-8,13H,5-6,9H2,(H,19,22). The number of urea groups is 1. The number of carbonyl (C=O) groups excluding carboxylic acids is 3. The van der Waals surface area contributed by atoms with Crippen molar-refractivity contribution in [1.82, 2.24) is 4.90 Å². The molecule has 2 aliphatic rings. The summed E-state index contributed by atoms with van der Waals surface area (Å²) in [7, 11) is 0. The van der Waals surface area contributed by atoms with Gasteiger partial charge in [-0.3, -0.25) is 9.59 Å². The van der Waals surface area contributed by atoms with Crippen LogP contribution >= 0.6 is 22.9 Å². The summed E-state index contributed by atoms with van der Waals surface area (Å²) in [6.45, 7) is 0.969. The third-order valence-electron chi connectivity index (χ3n) is 4.26. The Kier molecular flexibility index (Phi) is 4.39. The highest BCUT2D eigenvalue weighted by molar-refractivity contribution is 7.12. The molecule has 134 valence electrons. The quantitative estimate of drug-likeness (QED) is 0.816. The third-order valence-corrected chi connectivity index (χ3v) is 5.43. The van der Waals surface area contributed by atoms with Gasteiger partial charge in [-0.1, -0.05) is 17.7 Å². The van der Waals surface area contributed by atoms with Crippen LogP contribution in [0, 0.1) is 0 Å². The van der Waals surface area contributed by atoms with E-state index in [1.54, 1.807) is 24.3 Å². The smallest absolute Gasteiger partial charge is 0.332 e. The molecule has 26 heavy (non-hydrogen) atoms. The minimum absolute atomic E-state index is 0.188. The van der Waals surface area contributed by atoms with Gasteiger partial charge in [-0.25, -0.2) is 9.69 Å². The van der Waals surface area contributed by atoms with E-state index in [2.05, 4.69) is 5.32 Å². The van der Waals surface area contributed by atoms with Crippen LogP contribution in [-0.2, 0) is 9.53 Å². The minimum Gasteiger partial charge on any atom is -0.377 e. The predicted molar refractivity (Wildman–Crippen MR) is 97.9 cm³/mol. The largest absolute Gasteiger partial charge is 0.377 e. The van der Waals surface area contributed by atoms with Gasteiger partial charge >= 0.3 is 6.03 Å². The number of benzene rings is 1. The molecule has 2 fully saturated rings. The first kappa shape index (κ1) is 17.0. The fourth-order valence-corrected chi connectivity index (χ4v) is 3.88. The molecule has 0 saturated carbocycles. The number of nitrogens with zero attached hydrogens (tertiary/aromatic N) is 2. The summed E-state index contributed by atoms with van der Waals surface area (Å²) in [5.74, 6) is -0.599. The van der Waals surface area contributed by atoms with Gasteiger partial charge in [0.15, 0.2) is 0 Å². The maximum Gasteiger partial charge on any atom is 0.332 e. The Balaban J connectivity index is 1.57. The number of morpholine rings is 1. The van der Waals surface area contributed by atoms with Crippen LogP contribution in [0.3, 0.4) is 0 Å². The van der Waals surface area contributed by atoms with Gasteiger partial charge in [-0.2, -0.15) is 0 Å². The summed E-state index contributed by atoms with van der Waals surface area (Å²) in [6.07, 6.45) is 0. The summed E-state index contributed by atoms with van der Waals surface area (Å²) < 4.78 is 5.29. The van der Waals surface area contributed by atoms with Crippen molar-refractivity contribution in [3.63, 3.8) is 0 Å². The molecule has 2 aliphatic heterocycles. The molecule has 4 amide bonds. The minimum atomic E-state index is -0.606. The molecular weight excluding hydrogens is 378 g/mol. The zero-order valence-corrected chi connectivity index (χ0v) is 15.0. The highest BCUT2D eigenvalue weighted by atomic mass is 35.5. The Morgan fingerprint density at radius 1 is 1.31 bits per heavy atom. The van der Waals surface area contributed by atoms with Gasteiger partial charge < -0.3 is 15.0 Å². The number of nitrogens with one attached hydrogen (secondary N) is 1. The average molecular weight is 392 g/mol. The molecule has 4 rings (SSSR count). The summed E-state index contributed by atoms with van der Waals surface area (Å²) in [4.78, 5) is 40.4. The molecule has 1 unspecified atom stereocenters. The lowest BCUT2D eigenvalue weighted by Crippen LogP contribution is -2.45. The molecule has 0 spiro atoms. The Bertz CT molecular complexity index is 862. The molecule has 1 aromatic heterocycles. The summed E-state index contributed by atoms with van der Waals surface area (Å²) >= 11 is 7.63. The van der Waals surface area contributed by atoms with Crippen molar-refractivity contribution in [2.24, 2.45) is 0 Å². The molecule has 3 heterocycles. The fourth-order valence-electron chi connectivity index (χ4n) is 3.00.